The molecule has 0 radical (unpaired) electrons. The van der Waals surface area contributed by atoms with Gasteiger partial charge in [0.15, 0.2) is 6.29 Å². The Morgan fingerprint density at radius 3 is 2.44 bits per heavy atom. The molecule has 0 fully saturated rings. The van der Waals surface area contributed by atoms with E-state index < -0.39 is 0 Å². The second-order valence-corrected chi connectivity index (χ2v) is 3.53. The van der Waals surface area contributed by atoms with Crippen LogP contribution in [-0.2, 0) is 0 Å². The summed E-state index contributed by atoms with van der Waals surface area (Å²) < 4.78 is 10.4. The fraction of sp³-hybridized carbons (Fsp3) is 0.154. The van der Waals surface area contributed by atoms with Gasteiger partial charge in [0.2, 0.25) is 0 Å². The number of carbonyl (C=O) groups is 1. The summed E-state index contributed by atoms with van der Waals surface area (Å²) in [5.41, 5.74) is 1.68. The smallest absolute Gasteiger partial charge is 0.170 e. The lowest BCUT2D eigenvalue weighted by atomic mass is 10.1. The SMILES string of the molecule is COc1ccc(OC)c(-c2ccc(C=O)nn2)c1. The van der Waals surface area contributed by atoms with Gasteiger partial charge in [-0.3, -0.25) is 4.79 Å². The summed E-state index contributed by atoms with van der Waals surface area (Å²) in [7, 11) is 3.17. The minimum Gasteiger partial charge on any atom is -0.497 e. The van der Waals surface area contributed by atoms with E-state index in [2.05, 4.69) is 10.2 Å². The predicted molar refractivity (Wildman–Crippen MR) is 66.0 cm³/mol. The van der Waals surface area contributed by atoms with E-state index in [1.54, 1.807) is 38.5 Å². The summed E-state index contributed by atoms with van der Waals surface area (Å²) in [5.74, 6) is 1.37. The van der Waals surface area contributed by atoms with E-state index in [1.165, 1.54) is 0 Å². The van der Waals surface area contributed by atoms with Crippen LogP contribution in [0, 0.1) is 0 Å². The van der Waals surface area contributed by atoms with Gasteiger partial charge in [-0.1, -0.05) is 0 Å². The van der Waals surface area contributed by atoms with Crippen LogP contribution < -0.4 is 9.47 Å². The molecule has 1 heterocycles. The maximum Gasteiger partial charge on any atom is 0.170 e. The van der Waals surface area contributed by atoms with Gasteiger partial charge in [0, 0.05) is 5.56 Å². The van der Waals surface area contributed by atoms with Gasteiger partial charge in [-0.15, -0.1) is 10.2 Å². The first kappa shape index (κ1) is 12.0. The van der Waals surface area contributed by atoms with Crippen molar-refractivity contribution in [3.05, 3.63) is 36.0 Å². The lowest BCUT2D eigenvalue weighted by Gasteiger charge is -2.09. The molecular weight excluding hydrogens is 232 g/mol. The summed E-state index contributed by atoms with van der Waals surface area (Å²) in [6.07, 6.45) is 0.652. The van der Waals surface area contributed by atoms with Crippen LogP contribution in [0.15, 0.2) is 30.3 Å². The molecule has 92 valence electrons. The van der Waals surface area contributed by atoms with Gasteiger partial charge in [0.25, 0.3) is 0 Å². The van der Waals surface area contributed by atoms with Crippen LogP contribution in [0.5, 0.6) is 11.5 Å². The molecule has 0 amide bonds. The summed E-state index contributed by atoms with van der Waals surface area (Å²) in [6, 6.07) is 8.73. The van der Waals surface area contributed by atoms with Crippen molar-refractivity contribution in [1.29, 1.82) is 0 Å². The van der Waals surface area contributed by atoms with Gasteiger partial charge in [-0.25, -0.2) is 0 Å². The second-order valence-electron chi connectivity index (χ2n) is 3.53. The Kier molecular flexibility index (Phi) is 3.52. The number of aromatic nitrogens is 2. The number of aldehydes is 1. The molecule has 0 aliphatic heterocycles. The highest BCUT2D eigenvalue weighted by molar-refractivity contribution is 5.73. The van der Waals surface area contributed by atoms with Crippen molar-refractivity contribution < 1.29 is 14.3 Å². The molecule has 18 heavy (non-hydrogen) atoms. The summed E-state index contributed by atoms with van der Waals surface area (Å²) in [6.45, 7) is 0. The Morgan fingerprint density at radius 1 is 1.06 bits per heavy atom. The van der Waals surface area contributed by atoms with E-state index in [1.807, 2.05) is 6.07 Å². The highest BCUT2D eigenvalue weighted by Crippen LogP contribution is 2.31. The van der Waals surface area contributed by atoms with Crippen molar-refractivity contribution in [2.45, 2.75) is 0 Å². The largest absolute Gasteiger partial charge is 0.497 e. The van der Waals surface area contributed by atoms with Crippen LogP contribution >= 0.6 is 0 Å². The first-order valence-electron chi connectivity index (χ1n) is 5.30. The lowest BCUT2D eigenvalue weighted by molar-refractivity contribution is 0.111. The number of hydrogen-bond acceptors (Lipinski definition) is 5. The summed E-state index contributed by atoms with van der Waals surface area (Å²) >= 11 is 0. The molecule has 5 heteroatoms. The number of nitrogens with zero attached hydrogens (tertiary/aromatic N) is 2. The van der Waals surface area contributed by atoms with Crippen molar-refractivity contribution in [3.8, 4) is 22.8 Å². The van der Waals surface area contributed by atoms with Crippen molar-refractivity contribution in [1.82, 2.24) is 10.2 Å². The Hall–Kier alpha value is -2.43. The molecule has 2 rings (SSSR count). The van der Waals surface area contributed by atoms with Crippen LogP contribution in [0.1, 0.15) is 10.5 Å². The summed E-state index contributed by atoms with van der Waals surface area (Å²) in [5, 5.41) is 7.78. The third-order valence-corrected chi connectivity index (χ3v) is 2.49. The number of carbonyl (C=O) groups excluding carboxylic acids is 1. The van der Waals surface area contributed by atoms with E-state index in [9.17, 15) is 4.79 Å². The van der Waals surface area contributed by atoms with E-state index in [-0.39, 0.29) is 0 Å². The molecule has 2 aromatic rings. The molecule has 0 aliphatic rings. The lowest BCUT2D eigenvalue weighted by Crippen LogP contribution is -1.95. The first-order chi connectivity index (χ1) is 8.78. The molecule has 0 saturated heterocycles. The maximum absolute atomic E-state index is 10.5. The molecule has 5 nitrogen and oxygen atoms in total. The van der Waals surface area contributed by atoms with Crippen LogP contribution in [0.2, 0.25) is 0 Å². The number of rotatable bonds is 4. The average Bonchev–Trinajstić information content (AvgIpc) is 2.46. The van der Waals surface area contributed by atoms with E-state index in [4.69, 9.17) is 9.47 Å². The molecule has 0 atom stereocenters. The zero-order chi connectivity index (χ0) is 13.0. The van der Waals surface area contributed by atoms with Crippen LogP contribution in [0.3, 0.4) is 0 Å². The topological polar surface area (TPSA) is 61.3 Å². The average molecular weight is 244 g/mol. The van der Waals surface area contributed by atoms with Crippen molar-refractivity contribution in [2.75, 3.05) is 14.2 Å². The molecular formula is C13H12N2O3. The van der Waals surface area contributed by atoms with Crippen molar-refractivity contribution in [3.63, 3.8) is 0 Å². The highest BCUT2D eigenvalue weighted by atomic mass is 16.5. The normalized spacial score (nSPS) is 9.89. The number of ether oxygens (including phenoxy) is 2. The number of benzene rings is 1. The van der Waals surface area contributed by atoms with Gasteiger partial charge < -0.3 is 9.47 Å². The monoisotopic (exact) mass is 244 g/mol. The standard InChI is InChI=1S/C13H12N2O3/c1-17-10-4-6-13(18-2)11(7-10)12-5-3-9(8-16)14-15-12/h3-8H,1-2H3. The zero-order valence-electron chi connectivity index (χ0n) is 10.1. The Bertz CT molecular complexity index is 553. The Balaban J connectivity index is 2.49. The fourth-order valence-electron chi connectivity index (χ4n) is 1.56. The molecule has 0 spiro atoms. The number of hydrogen-bond donors (Lipinski definition) is 0. The molecule has 1 aromatic heterocycles. The van der Waals surface area contributed by atoms with Gasteiger partial charge >= 0.3 is 0 Å². The van der Waals surface area contributed by atoms with E-state index in [0.717, 1.165) is 5.56 Å². The fourth-order valence-corrected chi connectivity index (χ4v) is 1.56. The first-order valence-corrected chi connectivity index (χ1v) is 5.30. The van der Waals surface area contributed by atoms with Gasteiger partial charge in [-0.05, 0) is 30.3 Å². The van der Waals surface area contributed by atoms with Gasteiger partial charge in [0.1, 0.15) is 17.2 Å². The quantitative estimate of drug-likeness (QED) is 0.769. The van der Waals surface area contributed by atoms with Gasteiger partial charge in [-0.2, -0.15) is 0 Å². The van der Waals surface area contributed by atoms with Gasteiger partial charge in [0.05, 0.1) is 19.9 Å². The minimum absolute atomic E-state index is 0.292. The molecule has 0 unspecified atom stereocenters. The predicted octanol–water partition coefficient (Wildman–Crippen LogP) is 1.97. The molecule has 0 bridgehead atoms. The van der Waals surface area contributed by atoms with Crippen molar-refractivity contribution in [2.24, 2.45) is 0 Å². The highest BCUT2D eigenvalue weighted by Gasteiger charge is 2.09. The second kappa shape index (κ2) is 5.27. The van der Waals surface area contributed by atoms with Crippen LogP contribution in [0.25, 0.3) is 11.3 Å². The molecule has 0 saturated carbocycles. The minimum atomic E-state index is 0.292. The molecule has 0 aliphatic carbocycles. The van der Waals surface area contributed by atoms with E-state index >= 15 is 0 Å². The van der Waals surface area contributed by atoms with Crippen molar-refractivity contribution >= 4 is 6.29 Å². The Labute approximate surface area is 104 Å². The van der Waals surface area contributed by atoms with E-state index in [0.29, 0.717) is 29.2 Å². The molecule has 1 aromatic carbocycles. The van der Waals surface area contributed by atoms with Crippen LogP contribution in [-0.4, -0.2) is 30.7 Å². The third-order valence-electron chi connectivity index (χ3n) is 2.49. The van der Waals surface area contributed by atoms with Crippen LogP contribution in [0.4, 0.5) is 0 Å². The number of methoxy groups -OCH3 is 2. The molecule has 0 N–H and O–H groups in total. The Morgan fingerprint density at radius 2 is 1.89 bits per heavy atom. The zero-order valence-corrected chi connectivity index (χ0v) is 10.1. The summed E-state index contributed by atoms with van der Waals surface area (Å²) in [4.78, 5) is 10.5. The maximum atomic E-state index is 10.5. The third kappa shape index (κ3) is 2.29.